The summed E-state index contributed by atoms with van der Waals surface area (Å²) in [6, 6.07) is 85.2. The smallest absolute Gasteiger partial charge is 0.151 e. The maximum absolute atomic E-state index is 6.82. The molecular weight excluding hydrogens is 813 g/mol. The van der Waals surface area contributed by atoms with Crippen molar-refractivity contribution in [3.63, 3.8) is 0 Å². The third-order valence-corrected chi connectivity index (χ3v) is 15.0. The summed E-state index contributed by atoms with van der Waals surface area (Å²) in [5, 5.41) is 0. The van der Waals surface area contributed by atoms with Crippen molar-refractivity contribution in [2.75, 3.05) is 9.80 Å². The minimum Gasteiger partial charge on any atom is -0.453 e. The molecule has 0 saturated heterocycles. The third kappa shape index (κ3) is 5.28. The average molecular weight is 857 g/mol. The minimum atomic E-state index is -0.648. The lowest BCUT2D eigenvalue weighted by Gasteiger charge is -2.47. The Hall–Kier alpha value is -8.40. The second-order valence-electron chi connectivity index (χ2n) is 18.8. The Kier molecular flexibility index (Phi) is 7.95. The van der Waals surface area contributed by atoms with Gasteiger partial charge in [0.1, 0.15) is 0 Å². The van der Waals surface area contributed by atoms with E-state index in [1.807, 2.05) is 0 Å². The highest BCUT2D eigenvalue weighted by Gasteiger charge is 2.53. The largest absolute Gasteiger partial charge is 0.453 e. The highest BCUT2D eigenvalue weighted by molar-refractivity contribution is 6.00. The van der Waals surface area contributed by atoms with Crippen LogP contribution in [0.3, 0.4) is 0 Å². The number of rotatable bonds is 5. The normalized spacial score (nSPS) is 14.4. The summed E-state index contributed by atoms with van der Waals surface area (Å²) in [6.45, 7) is 4.75. The maximum atomic E-state index is 6.82. The molecule has 2 aliphatic carbocycles. The van der Waals surface area contributed by atoms with Gasteiger partial charge in [0, 0.05) is 22.5 Å². The third-order valence-electron chi connectivity index (χ3n) is 15.0. The van der Waals surface area contributed by atoms with Crippen LogP contribution in [0.1, 0.15) is 47.2 Å². The molecule has 3 nitrogen and oxygen atoms in total. The van der Waals surface area contributed by atoms with Crippen molar-refractivity contribution in [1.82, 2.24) is 0 Å². The van der Waals surface area contributed by atoms with Crippen molar-refractivity contribution in [1.29, 1.82) is 0 Å². The van der Waals surface area contributed by atoms with Crippen LogP contribution in [0.25, 0.3) is 44.5 Å². The van der Waals surface area contributed by atoms with Gasteiger partial charge in [-0.05, 0) is 145 Å². The van der Waals surface area contributed by atoms with Crippen LogP contribution in [0.4, 0.5) is 34.1 Å². The quantitative estimate of drug-likeness (QED) is 0.171. The number of hydrogen-bond acceptors (Lipinski definition) is 3. The van der Waals surface area contributed by atoms with Crippen molar-refractivity contribution in [3.05, 3.63) is 264 Å². The Morgan fingerprint density at radius 3 is 1.52 bits per heavy atom. The zero-order chi connectivity index (χ0) is 44.4. The van der Waals surface area contributed by atoms with Gasteiger partial charge in [0.15, 0.2) is 11.5 Å². The Morgan fingerprint density at radius 1 is 0.343 bits per heavy atom. The summed E-state index contributed by atoms with van der Waals surface area (Å²) in [5.41, 5.74) is 23.2. The molecule has 3 heteroatoms. The van der Waals surface area contributed by atoms with Crippen molar-refractivity contribution < 1.29 is 4.74 Å². The van der Waals surface area contributed by atoms with Gasteiger partial charge in [-0.3, -0.25) is 0 Å². The molecule has 14 rings (SSSR count). The summed E-state index contributed by atoms with van der Waals surface area (Å²) in [4.78, 5) is 4.97. The number of hydrogen-bond donors (Lipinski definition) is 0. The molecule has 1 spiro atoms. The van der Waals surface area contributed by atoms with Crippen LogP contribution >= 0.6 is 0 Å². The minimum absolute atomic E-state index is 0.184. The lowest BCUT2D eigenvalue weighted by atomic mass is 9.64. The Balaban J connectivity index is 1.08. The van der Waals surface area contributed by atoms with Crippen LogP contribution in [0.5, 0.6) is 11.5 Å². The van der Waals surface area contributed by atoms with Gasteiger partial charge in [-0.1, -0.05) is 178 Å². The van der Waals surface area contributed by atoms with Gasteiger partial charge in [-0.25, -0.2) is 0 Å². The van der Waals surface area contributed by atoms with Crippen LogP contribution < -0.4 is 14.5 Å². The molecule has 0 bridgehead atoms. The number of anilines is 6. The molecule has 0 amide bonds. The highest BCUT2D eigenvalue weighted by Crippen LogP contribution is 2.67. The molecule has 0 fully saturated rings. The summed E-state index contributed by atoms with van der Waals surface area (Å²) in [5.74, 6) is 1.71. The summed E-state index contributed by atoms with van der Waals surface area (Å²) < 4.78 is 6.82. The molecular formula is C64H44N2O. The first-order valence-electron chi connectivity index (χ1n) is 23.3. The lowest BCUT2D eigenvalue weighted by Crippen LogP contribution is -2.37. The van der Waals surface area contributed by atoms with Gasteiger partial charge >= 0.3 is 0 Å². The first-order valence-corrected chi connectivity index (χ1v) is 23.3. The van der Waals surface area contributed by atoms with Crippen molar-refractivity contribution in [2.24, 2.45) is 0 Å². The van der Waals surface area contributed by atoms with Crippen LogP contribution in [0.2, 0.25) is 0 Å². The van der Waals surface area contributed by atoms with Crippen molar-refractivity contribution in [3.8, 4) is 56.0 Å². The molecule has 0 radical (unpaired) electrons. The molecule has 0 saturated carbocycles. The van der Waals surface area contributed by atoms with E-state index in [4.69, 9.17) is 4.74 Å². The van der Waals surface area contributed by atoms with E-state index in [9.17, 15) is 0 Å². The molecule has 4 aliphatic rings. The lowest BCUT2D eigenvalue weighted by molar-refractivity contribution is 0.473. The zero-order valence-electron chi connectivity index (χ0n) is 37.2. The zero-order valence-corrected chi connectivity index (χ0v) is 37.2. The molecule has 316 valence electrons. The predicted molar refractivity (Wildman–Crippen MR) is 275 cm³/mol. The van der Waals surface area contributed by atoms with Gasteiger partial charge in [-0.2, -0.15) is 0 Å². The summed E-state index contributed by atoms with van der Waals surface area (Å²) >= 11 is 0. The number of benzene rings is 10. The average Bonchev–Trinajstić information content (AvgIpc) is 3.81. The molecule has 2 heterocycles. The predicted octanol–water partition coefficient (Wildman–Crippen LogP) is 17.0. The van der Waals surface area contributed by atoms with E-state index in [0.717, 1.165) is 56.8 Å². The van der Waals surface area contributed by atoms with Gasteiger partial charge < -0.3 is 14.5 Å². The van der Waals surface area contributed by atoms with E-state index in [-0.39, 0.29) is 5.41 Å². The second-order valence-corrected chi connectivity index (χ2v) is 18.8. The van der Waals surface area contributed by atoms with Gasteiger partial charge in [0.25, 0.3) is 0 Å². The molecule has 67 heavy (non-hydrogen) atoms. The van der Waals surface area contributed by atoms with E-state index in [1.165, 1.54) is 66.8 Å². The van der Waals surface area contributed by atoms with Crippen LogP contribution in [0, 0.1) is 0 Å². The topological polar surface area (TPSA) is 15.7 Å². The number of para-hydroxylation sites is 3. The van der Waals surface area contributed by atoms with E-state index in [0.29, 0.717) is 0 Å². The van der Waals surface area contributed by atoms with Crippen LogP contribution in [-0.2, 0) is 10.8 Å². The van der Waals surface area contributed by atoms with E-state index < -0.39 is 5.41 Å². The molecule has 10 aromatic rings. The molecule has 0 atom stereocenters. The number of ether oxygens (including phenoxy) is 1. The van der Waals surface area contributed by atoms with E-state index >= 15 is 0 Å². The fourth-order valence-electron chi connectivity index (χ4n) is 12.1. The number of fused-ring (bicyclic) bond motifs is 14. The Labute approximate surface area is 391 Å². The molecule has 2 aliphatic heterocycles. The van der Waals surface area contributed by atoms with Gasteiger partial charge in [0.05, 0.1) is 22.5 Å². The van der Waals surface area contributed by atoms with Crippen molar-refractivity contribution in [2.45, 2.75) is 24.7 Å². The summed E-state index contributed by atoms with van der Waals surface area (Å²) in [7, 11) is 0. The van der Waals surface area contributed by atoms with Crippen molar-refractivity contribution >= 4 is 34.1 Å². The Morgan fingerprint density at radius 2 is 0.851 bits per heavy atom. The maximum Gasteiger partial charge on any atom is 0.151 e. The van der Waals surface area contributed by atoms with Gasteiger partial charge in [-0.15, -0.1) is 0 Å². The highest BCUT2D eigenvalue weighted by atomic mass is 16.5. The monoisotopic (exact) mass is 856 g/mol. The first kappa shape index (κ1) is 37.9. The van der Waals surface area contributed by atoms with E-state index in [1.54, 1.807) is 0 Å². The summed E-state index contributed by atoms with van der Waals surface area (Å²) in [6.07, 6.45) is 0. The molecule has 10 aromatic carbocycles. The molecule has 0 aromatic heterocycles. The Bertz CT molecular complexity index is 3560. The number of nitrogens with zero attached hydrogens (tertiary/aromatic N) is 2. The van der Waals surface area contributed by atoms with Crippen LogP contribution in [0.15, 0.2) is 231 Å². The molecule has 0 unspecified atom stereocenters. The fourth-order valence-corrected chi connectivity index (χ4v) is 12.1. The first-order chi connectivity index (χ1) is 33.0. The van der Waals surface area contributed by atoms with Gasteiger partial charge in [0.2, 0.25) is 0 Å². The standard InChI is InChI=1S/C64H44N2O/c1-63(2)52-25-12-9-22-48(52)51-34-32-45(39-56(51)63)65(47-37-43(41-18-5-3-6-19-41)36-44(38-47)42-20-7-4-8-21-42)46-33-35-58-57(40-46)64(53-26-13-10-23-49(53)50-24-11-14-27-54(50)64)55-28-17-31-61-62(55)66(58)59-29-15-16-30-60(59)67-61/h3-40H,1-2H3. The van der Waals surface area contributed by atoms with Crippen LogP contribution in [-0.4, -0.2) is 0 Å². The van der Waals surface area contributed by atoms with E-state index in [2.05, 4.69) is 254 Å². The fraction of sp³-hybridized carbons (Fsp3) is 0.0625. The molecule has 0 N–H and O–H groups in total. The SMILES string of the molecule is CC1(C)c2ccccc2-c2ccc(N(c3cc(-c4ccccc4)cc(-c4ccccc4)c3)c3ccc4c(c3)C3(c5ccccc5-c5ccccc53)c3cccc5c3N4c3ccccc3O5)cc21. The second kappa shape index (κ2) is 14.1.